The van der Waals surface area contributed by atoms with Crippen LogP contribution in [-0.2, 0) is 30.4 Å². The van der Waals surface area contributed by atoms with E-state index in [1.54, 1.807) is 10.6 Å². The van der Waals surface area contributed by atoms with E-state index in [1.807, 2.05) is 12.1 Å². The molecule has 4 rings (SSSR count). The summed E-state index contributed by atoms with van der Waals surface area (Å²) >= 11 is 1.23. The Kier molecular flexibility index (Phi) is 5.72. The number of hydrogen-bond acceptors (Lipinski definition) is 7. The molecule has 0 N–H and O–H groups in total. The van der Waals surface area contributed by atoms with Crippen molar-refractivity contribution in [2.45, 2.75) is 38.3 Å². The van der Waals surface area contributed by atoms with Crippen molar-refractivity contribution in [2.24, 2.45) is 10.9 Å². The fourth-order valence-electron chi connectivity index (χ4n) is 3.96. The van der Waals surface area contributed by atoms with Gasteiger partial charge in [0.25, 0.3) is 5.91 Å². The summed E-state index contributed by atoms with van der Waals surface area (Å²) < 4.78 is 18.2. The fraction of sp³-hybridized carbons (Fsp3) is 0.429. The molecule has 2 unspecified atom stereocenters. The van der Waals surface area contributed by atoms with Crippen molar-refractivity contribution in [3.8, 4) is 5.75 Å². The molecular formula is C21H22N2O6S. The molecule has 0 bridgehead atoms. The molecule has 1 aromatic heterocycles. The number of ether oxygens (including phenoxy) is 3. The number of amides is 1. The van der Waals surface area contributed by atoms with Gasteiger partial charge in [0, 0.05) is 0 Å². The minimum atomic E-state index is -0.673. The number of fused-ring (bicyclic) bond motifs is 2. The number of rotatable bonds is 4. The van der Waals surface area contributed by atoms with Gasteiger partial charge in [-0.3, -0.25) is 14.4 Å². The molecule has 0 saturated heterocycles. The number of esters is 1. The van der Waals surface area contributed by atoms with Gasteiger partial charge in [0.15, 0.2) is 10.6 Å². The summed E-state index contributed by atoms with van der Waals surface area (Å²) in [6.45, 7) is -0.142. The first kappa shape index (κ1) is 20.3. The van der Waals surface area contributed by atoms with E-state index in [0.29, 0.717) is 11.3 Å². The lowest BCUT2D eigenvalue weighted by atomic mass is 9.80. The molecule has 2 atom stereocenters. The first-order valence-corrected chi connectivity index (χ1v) is 10.6. The molecule has 1 saturated carbocycles. The Labute approximate surface area is 176 Å². The quantitative estimate of drug-likeness (QED) is 0.546. The minimum absolute atomic E-state index is 0.0489. The first-order valence-electron chi connectivity index (χ1n) is 9.75. The van der Waals surface area contributed by atoms with Crippen LogP contribution in [0.15, 0.2) is 35.0 Å². The highest BCUT2D eigenvalue weighted by molar-refractivity contribution is 7.16. The molecule has 158 valence electrons. The summed E-state index contributed by atoms with van der Waals surface area (Å²) in [6.07, 6.45) is 4.61. The second-order valence-electron chi connectivity index (χ2n) is 7.23. The third kappa shape index (κ3) is 3.65. The molecule has 2 heterocycles. The number of thiazole rings is 1. The summed E-state index contributed by atoms with van der Waals surface area (Å²) in [7, 11) is 2.82. The summed E-state index contributed by atoms with van der Waals surface area (Å²) in [5.74, 6) is -1.12. The minimum Gasteiger partial charge on any atom is -0.496 e. The lowest BCUT2D eigenvalue weighted by Gasteiger charge is -2.33. The van der Waals surface area contributed by atoms with Crippen LogP contribution >= 0.6 is 11.3 Å². The molecule has 1 aliphatic heterocycles. The van der Waals surface area contributed by atoms with Crippen molar-refractivity contribution in [3.05, 3.63) is 34.8 Å². The number of aromatic nitrogens is 1. The maximum atomic E-state index is 12.9. The van der Waals surface area contributed by atoms with Crippen molar-refractivity contribution < 1.29 is 28.6 Å². The second-order valence-corrected chi connectivity index (χ2v) is 8.24. The Morgan fingerprint density at radius 2 is 2.07 bits per heavy atom. The largest absolute Gasteiger partial charge is 0.496 e. The first-order chi connectivity index (χ1) is 14.5. The zero-order chi connectivity index (χ0) is 21.3. The van der Waals surface area contributed by atoms with Gasteiger partial charge in [0.05, 0.1) is 31.1 Å². The highest BCUT2D eigenvalue weighted by Gasteiger charge is 2.39. The molecule has 1 aromatic carbocycles. The molecule has 9 heteroatoms. The molecule has 2 aromatic rings. The molecule has 0 spiro atoms. The number of ketones is 1. The van der Waals surface area contributed by atoms with Crippen LogP contribution in [0.3, 0.4) is 0 Å². The van der Waals surface area contributed by atoms with E-state index >= 15 is 0 Å². The van der Waals surface area contributed by atoms with Crippen LogP contribution in [0.2, 0.25) is 0 Å². The second kappa shape index (κ2) is 8.43. The average Bonchev–Trinajstić information content (AvgIpc) is 3.10. The van der Waals surface area contributed by atoms with Crippen molar-refractivity contribution in [2.75, 3.05) is 14.2 Å². The van der Waals surface area contributed by atoms with Crippen molar-refractivity contribution in [1.82, 2.24) is 4.57 Å². The van der Waals surface area contributed by atoms with E-state index < -0.39 is 11.9 Å². The maximum absolute atomic E-state index is 12.9. The van der Waals surface area contributed by atoms with E-state index in [4.69, 9.17) is 14.2 Å². The van der Waals surface area contributed by atoms with Crippen LogP contribution in [-0.4, -0.2) is 42.6 Å². The van der Waals surface area contributed by atoms with Crippen LogP contribution in [0.5, 0.6) is 5.75 Å². The van der Waals surface area contributed by atoms with Gasteiger partial charge < -0.3 is 18.8 Å². The van der Waals surface area contributed by atoms with E-state index in [2.05, 4.69) is 4.99 Å². The van der Waals surface area contributed by atoms with Crippen molar-refractivity contribution in [3.63, 3.8) is 0 Å². The van der Waals surface area contributed by atoms with Crippen LogP contribution in [0.25, 0.3) is 10.2 Å². The molecule has 8 nitrogen and oxygen atoms in total. The van der Waals surface area contributed by atoms with Gasteiger partial charge in [0.2, 0.25) is 0 Å². The predicted molar refractivity (Wildman–Crippen MR) is 109 cm³/mol. The van der Waals surface area contributed by atoms with E-state index in [1.165, 1.54) is 31.8 Å². The van der Waals surface area contributed by atoms with Crippen molar-refractivity contribution >= 4 is 39.2 Å². The standard InChI is InChI=1S/C21H22N2O6S/c1-27-15-8-5-9-16-18(15)23(10-17(24)28-2)21(30-16)22-20(26)13-11-29-14-7-4-3-6-12(14)19(13)25/h5,8-9,11-12,14H,3-4,6-7,10H2,1-2H3. The van der Waals surface area contributed by atoms with E-state index in [-0.39, 0.29) is 34.7 Å². The third-order valence-corrected chi connectivity index (χ3v) is 6.54. The highest BCUT2D eigenvalue weighted by atomic mass is 32.1. The third-order valence-electron chi connectivity index (χ3n) is 5.49. The summed E-state index contributed by atoms with van der Waals surface area (Å²) in [4.78, 5) is 42.2. The van der Waals surface area contributed by atoms with Crippen LogP contribution in [0.4, 0.5) is 0 Å². The Balaban J connectivity index is 1.77. The molecular weight excluding hydrogens is 408 g/mol. The number of carbonyl (C=O) groups is 3. The molecule has 1 fully saturated rings. The number of methoxy groups -OCH3 is 2. The summed E-state index contributed by atoms with van der Waals surface area (Å²) in [5, 5.41) is 0. The number of para-hydroxylation sites is 1. The molecule has 1 aliphatic carbocycles. The van der Waals surface area contributed by atoms with E-state index in [9.17, 15) is 14.4 Å². The van der Waals surface area contributed by atoms with Crippen LogP contribution < -0.4 is 9.54 Å². The van der Waals surface area contributed by atoms with Gasteiger partial charge in [-0.1, -0.05) is 23.8 Å². The van der Waals surface area contributed by atoms with Gasteiger partial charge >= 0.3 is 5.97 Å². The lowest BCUT2D eigenvalue weighted by Crippen LogP contribution is -2.38. The SMILES string of the molecule is COC(=O)Cn1c(=NC(=O)C2=COC3CCCCC3C2=O)sc2cccc(OC)c21. The van der Waals surface area contributed by atoms with Gasteiger partial charge in [-0.05, 0) is 31.4 Å². The number of Topliss-reactive ketones (excluding diaryl/α,β-unsaturated/α-hetero) is 1. The Morgan fingerprint density at radius 3 is 2.83 bits per heavy atom. The number of carbonyl (C=O) groups excluding carboxylic acids is 3. The Hall–Kier alpha value is -2.94. The topological polar surface area (TPSA) is 96.2 Å². The van der Waals surface area contributed by atoms with Gasteiger partial charge in [0.1, 0.15) is 29.5 Å². The monoisotopic (exact) mass is 430 g/mol. The Morgan fingerprint density at radius 1 is 1.27 bits per heavy atom. The number of benzene rings is 1. The van der Waals surface area contributed by atoms with Gasteiger partial charge in [-0.25, -0.2) is 0 Å². The lowest BCUT2D eigenvalue weighted by molar-refractivity contribution is -0.141. The number of hydrogen-bond donors (Lipinski definition) is 0. The molecule has 2 aliphatic rings. The zero-order valence-corrected chi connectivity index (χ0v) is 17.6. The van der Waals surface area contributed by atoms with Crippen molar-refractivity contribution in [1.29, 1.82) is 0 Å². The molecule has 1 amide bonds. The average molecular weight is 430 g/mol. The molecule has 0 radical (unpaired) electrons. The maximum Gasteiger partial charge on any atom is 0.325 e. The number of nitrogens with zero attached hydrogens (tertiary/aromatic N) is 2. The van der Waals surface area contributed by atoms with E-state index in [0.717, 1.165) is 30.4 Å². The summed E-state index contributed by atoms with van der Waals surface area (Å²) in [5.41, 5.74) is 0.585. The summed E-state index contributed by atoms with van der Waals surface area (Å²) in [6, 6.07) is 5.43. The molecule has 30 heavy (non-hydrogen) atoms. The zero-order valence-electron chi connectivity index (χ0n) is 16.8. The fourth-order valence-corrected chi connectivity index (χ4v) is 5.01. The predicted octanol–water partition coefficient (Wildman–Crippen LogP) is 2.35. The Bertz CT molecular complexity index is 1110. The van der Waals surface area contributed by atoms with Gasteiger partial charge in [-0.15, -0.1) is 0 Å². The normalized spacial score (nSPS) is 21.6. The van der Waals surface area contributed by atoms with Gasteiger partial charge in [-0.2, -0.15) is 4.99 Å². The smallest absolute Gasteiger partial charge is 0.325 e. The van der Waals surface area contributed by atoms with Crippen LogP contribution in [0.1, 0.15) is 25.7 Å². The highest BCUT2D eigenvalue weighted by Crippen LogP contribution is 2.33. The van der Waals surface area contributed by atoms with Crippen LogP contribution in [0, 0.1) is 5.92 Å².